The molecule has 0 spiro atoms. The van der Waals surface area contributed by atoms with Gasteiger partial charge < -0.3 is 10.1 Å². The number of rotatable bonds is 7. The monoisotopic (exact) mass is 443 g/mol. The van der Waals surface area contributed by atoms with Crippen LogP contribution in [0.15, 0.2) is 59.8 Å². The molecule has 0 aliphatic rings. The van der Waals surface area contributed by atoms with Crippen molar-refractivity contribution in [3.63, 3.8) is 0 Å². The zero-order valence-corrected chi connectivity index (χ0v) is 17.7. The van der Waals surface area contributed by atoms with E-state index in [9.17, 15) is 18.0 Å². The maximum atomic E-state index is 12.6. The van der Waals surface area contributed by atoms with Crippen LogP contribution in [0.25, 0.3) is 5.82 Å². The van der Waals surface area contributed by atoms with Crippen LogP contribution < -0.4 is 10.5 Å². The van der Waals surface area contributed by atoms with Crippen LogP contribution >= 0.6 is 0 Å². The number of anilines is 1. The molecule has 10 nitrogen and oxygen atoms in total. The van der Waals surface area contributed by atoms with E-state index in [1.54, 1.807) is 29.1 Å². The lowest BCUT2D eigenvalue weighted by Gasteiger charge is -2.12. The lowest BCUT2D eigenvalue weighted by Crippen LogP contribution is -2.22. The molecule has 2 heterocycles. The van der Waals surface area contributed by atoms with Crippen LogP contribution in [-0.2, 0) is 19.6 Å². The molecule has 2 aromatic heterocycles. The fraction of sp³-hybridized carbons (Fsp3) is 0.200. The Kier molecular flexibility index (Phi) is 6.47. The van der Waals surface area contributed by atoms with Gasteiger partial charge >= 0.3 is 5.97 Å². The van der Waals surface area contributed by atoms with Crippen LogP contribution in [0.5, 0.6) is 0 Å². The third-order valence-electron chi connectivity index (χ3n) is 4.22. The normalized spacial score (nSPS) is 11.4. The summed E-state index contributed by atoms with van der Waals surface area (Å²) in [7, 11) is -3.91. The number of sulfonamides is 1. The van der Waals surface area contributed by atoms with E-state index in [2.05, 4.69) is 15.4 Å². The highest BCUT2D eigenvalue weighted by Crippen LogP contribution is 2.23. The molecule has 3 N–H and O–H groups in total. The van der Waals surface area contributed by atoms with Gasteiger partial charge in [0.05, 0.1) is 16.8 Å². The standard InChI is InChI=1S/C20H21N5O5S/c1-13(2)19-16(11-23-25(19)17-8-3-4-9-22-17)20(27)30-12-18(26)24-14-6-5-7-15(10-14)31(21,28)29/h3-11,13H,12H2,1-2H3,(H,24,26)(H2,21,28,29). The zero-order chi connectivity index (χ0) is 22.6. The topological polar surface area (TPSA) is 146 Å². The van der Waals surface area contributed by atoms with Crippen molar-refractivity contribution in [2.75, 3.05) is 11.9 Å². The quantitative estimate of drug-likeness (QED) is 0.530. The summed E-state index contributed by atoms with van der Waals surface area (Å²) in [6.07, 6.45) is 2.99. The van der Waals surface area contributed by atoms with Gasteiger partial charge in [-0.05, 0) is 36.2 Å². The Labute approximate surface area is 179 Å². The average molecular weight is 443 g/mol. The summed E-state index contributed by atoms with van der Waals surface area (Å²) in [5.74, 6) is -0.859. The first-order valence-electron chi connectivity index (χ1n) is 9.26. The predicted molar refractivity (Wildman–Crippen MR) is 112 cm³/mol. The van der Waals surface area contributed by atoms with Gasteiger partial charge in [0, 0.05) is 11.9 Å². The number of nitrogens with zero attached hydrogens (tertiary/aromatic N) is 3. The summed E-state index contributed by atoms with van der Waals surface area (Å²) >= 11 is 0. The summed E-state index contributed by atoms with van der Waals surface area (Å²) < 4.78 is 29.5. The predicted octanol–water partition coefficient (Wildman–Crippen LogP) is 1.83. The molecular formula is C20H21N5O5S. The second-order valence-corrected chi connectivity index (χ2v) is 8.46. The molecule has 0 radical (unpaired) electrons. The van der Waals surface area contributed by atoms with Crippen molar-refractivity contribution in [3.05, 3.63) is 66.1 Å². The van der Waals surface area contributed by atoms with Crippen molar-refractivity contribution in [1.29, 1.82) is 0 Å². The minimum atomic E-state index is -3.91. The molecule has 0 atom stereocenters. The lowest BCUT2D eigenvalue weighted by molar-refractivity contribution is -0.119. The number of amides is 1. The maximum Gasteiger partial charge on any atom is 0.342 e. The van der Waals surface area contributed by atoms with Crippen LogP contribution in [0.4, 0.5) is 5.69 Å². The second-order valence-electron chi connectivity index (χ2n) is 6.90. The van der Waals surface area contributed by atoms with Crippen LogP contribution in [0, 0.1) is 0 Å². The van der Waals surface area contributed by atoms with Crippen LogP contribution in [0.3, 0.4) is 0 Å². The lowest BCUT2D eigenvalue weighted by atomic mass is 10.1. The van der Waals surface area contributed by atoms with Gasteiger partial charge in [0.15, 0.2) is 12.4 Å². The number of aromatic nitrogens is 3. The molecule has 3 rings (SSSR count). The molecular weight excluding hydrogens is 422 g/mol. The van der Waals surface area contributed by atoms with Crippen molar-refractivity contribution in [2.45, 2.75) is 24.7 Å². The van der Waals surface area contributed by atoms with Crippen LogP contribution in [0.1, 0.15) is 35.8 Å². The first-order chi connectivity index (χ1) is 14.7. The average Bonchev–Trinajstić information content (AvgIpc) is 3.18. The summed E-state index contributed by atoms with van der Waals surface area (Å²) in [4.78, 5) is 28.8. The number of hydrogen-bond acceptors (Lipinski definition) is 7. The van der Waals surface area contributed by atoms with Gasteiger partial charge in [0.25, 0.3) is 5.91 Å². The number of esters is 1. The van der Waals surface area contributed by atoms with Gasteiger partial charge in [-0.3, -0.25) is 4.79 Å². The molecule has 11 heteroatoms. The van der Waals surface area contributed by atoms with Gasteiger partial charge in [-0.25, -0.2) is 28.0 Å². The van der Waals surface area contributed by atoms with Gasteiger partial charge in [-0.15, -0.1) is 0 Å². The minimum absolute atomic E-state index is 0.0677. The Morgan fingerprint density at radius 2 is 1.97 bits per heavy atom. The van der Waals surface area contributed by atoms with Crippen LogP contribution in [-0.4, -0.2) is 41.7 Å². The Balaban J connectivity index is 1.70. The SMILES string of the molecule is CC(C)c1c(C(=O)OCC(=O)Nc2cccc(S(N)(=O)=O)c2)cnn1-c1ccccn1. The smallest absolute Gasteiger partial charge is 0.342 e. The molecule has 0 fully saturated rings. The first-order valence-corrected chi connectivity index (χ1v) is 10.8. The van der Waals surface area contributed by atoms with Crippen molar-refractivity contribution < 1.29 is 22.7 Å². The molecule has 162 valence electrons. The summed E-state index contributed by atoms with van der Waals surface area (Å²) in [5.41, 5.74) is 1.04. The molecule has 0 bridgehead atoms. The summed E-state index contributed by atoms with van der Waals surface area (Å²) in [5, 5.41) is 11.8. The molecule has 1 aromatic carbocycles. The van der Waals surface area contributed by atoms with Gasteiger partial charge in [0.1, 0.15) is 5.56 Å². The molecule has 1 amide bonds. The number of ether oxygens (including phenoxy) is 1. The number of nitrogens with one attached hydrogen (secondary N) is 1. The van der Waals surface area contributed by atoms with Crippen molar-refractivity contribution in [1.82, 2.24) is 14.8 Å². The van der Waals surface area contributed by atoms with Crippen molar-refractivity contribution in [3.8, 4) is 5.82 Å². The molecule has 0 saturated carbocycles. The number of pyridine rings is 1. The minimum Gasteiger partial charge on any atom is -0.452 e. The molecule has 3 aromatic rings. The Morgan fingerprint density at radius 1 is 1.19 bits per heavy atom. The van der Waals surface area contributed by atoms with E-state index in [1.807, 2.05) is 13.8 Å². The van der Waals surface area contributed by atoms with Crippen molar-refractivity contribution in [2.24, 2.45) is 5.14 Å². The van der Waals surface area contributed by atoms with E-state index in [-0.39, 0.29) is 22.1 Å². The number of benzene rings is 1. The molecule has 0 unspecified atom stereocenters. The fourth-order valence-corrected chi connectivity index (χ4v) is 3.45. The zero-order valence-electron chi connectivity index (χ0n) is 16.8. The molecule has 31 heavy (non-hydrogen) atoms. The van der Waals surface area contributed by atoms with Crippen molar-refractivity contribution >= 4 is 27.6 Å². The third kappa shape index (κ3) is 5.32. The Bertz CT molecular complexity index is 1210. The van der Waals surface area contributed by atoms with E-state index < -0.39 is 28.5 Å². The van der Waals surface area contributed by atoms with E-state index >= 15 is 0 Å². The summed E-state index contributed by atoms with van der Waals surface area (Å²) in [6.45, 7) is 3.24. The van der Waals surface area contributed by atoms with E-state index in [1.165, 1.54) is 30.5 Å². The fourth-order valence-electron chi connectivity index (χ4n) is 2.89. The van der Waals surface area contributed by atoms with Gasteiger partial charge in [-0.1, -0.05) is 26.0 Å². The van der Waals surface area contributed by atoms with E-state index in [0.717, 1.165) is 0 Å². The number of primary sulfonamides is 1. The number of carbonyl (C=O) groups excluding carboxylic acids is 2. The summed E-state index contributed by atoms with van der Waals surface area (Å²) in [6, 6.07) is 10.8. The highest BCUT2D eigenvalue weighted by Gasteiger charge is 2.23. The number of nitrogens with two attached hydrogens (primary N) is 1. The highest BCUT2D eigenvalue weighted by atomic mass is 32.2. The first kappa shape index (κ1) is 22.1. The van der Waals surface area contributed by atoms with E-state index in [4.69, 9.17) is 9.88 Å². The number of hydrogen-bond donors (Lipinski definition) is 2. The van der Waals surface area contributed by atoms with Gasteiger partial charge in [-0.2, -0.15) is 5.10 Å². The second kappa shape index (κ2) is 9.06. The Hall–Kier alpha value is -3.57. The Morgan fingerprint density at radius 3 is 2.61 bits per heavy atom. The molecule has 0 aliphatic heterocycles. The maximum absolute atomic E-state index is 12.6. The van der Waals surface area contributed by atoms with Gasteiger partial charge in [0.2, 0.25) is 10.0 Å². The van der Waals surface area contributed by atoms with E-state index in [0.29, 0.717) is 11.5 Å². The highest BCUT2D eigenvalue weighted by molar-refractivity contribution is 7.89. The molecule has 0 saturated heterocycles. The number of carbonyl (C=O) groups is 2. The molecule has 0 aliphatic carbocycles. The van der Waals surface area contributed by atoms with Crippen LogP contribution in [0.2, 0.25) is 0 Å². The third-order valence-corrected chi connectivity index (χ3v) is 5.13. The largest absolute Gasteiger partial charge is 0.452 e.